The van der Waals surface area contributed by atoms with E-state index in [1.165, 1.54) is 6.08 Å². The molecule has 0 radical (unpaired) electrons. The number of nitrogens with one attached hydrogen (secondary N) is 2. The zero-order valence-corrected chi connectivity index (χ0v) is 9.21. The van der Waals surface area contributed by atoms with E-state index in [1.807, 2.05) is 0 Å². The molecule has 0 aromatic rings. The van der Waals surface area contributed by atoms with Gasteiger partial charge in [0.15, 0.2) is 0 Å². The number of hydrogen-bond donors (Lipinski definition) is 2. The van der Waals surface area contributed by atoms with Crippen LogP contribution in [0, 0.1) is 0 Å². The zero-order chi connectivity index (χ0) is 12.6. The lowest BCUT2D eigenvalue weighted by Crippen LogP contribution is -2.25. The van der Waals surface area contributed by atoms with Crippen LogP contribution in [0.5, 0.6) is 0 Å². The summed E-state index contributed by atoms with van der Waals surface area (Å²) in [5.41, 5.74) is 1.26. The Morgan fingerprint density at radius 3 is 2.12 bits per heavy atom. The summed E-state index contributed by atoms with van der Waals surface area (Å²) in [6.45, 7) is 14.4. The molecule has 0 rings (SSSR count). The summed E-state index contributed by atoms with van der Waals surface area (Å²) in [4.78, 5) is 21.8. The zero-order valence-electron chi connectivity index (χ0n) is 9.21. The Morgan fingerprint density at radius 2 is 1.62 bits per heavy atom. The normalized spacial score (nSPS) is 8.75. The van der Waals surface area contributed by atoms with Crippen molar-refractivity contribution in [2.24, 2.45) is 0 Å². The van der Waals surface area contributed by atoms with Gasteiger partial charge in [0, 0.05) is 18.7 Å². The van der Waals surface area contributed by atoms with Crippen LogP contribution in [0.15, 0.2) is 49.7 Å². The minimum Gasteiger partial charge on any atom is -0.349 e. The minimum atomic E-state index is -0.312. The number of allylic oxidation sites excluding steroid dienone is 1. The first-order chi connectivity index (χ1) is 7.49. The van der Waals surface area contributed by atoms with Crippen LogP contribution in [-0.4, -0.2) is 18.4 Å². The van der Waals surface area contributed by atoms with Crippen molar-refractivity contribution in [1.29, 1.82) is 0 Å². The number of carbonyl (C=O) groups is 2. The van der Waals surface area contributed by atoms with Crippen molar-refractivity contribution in [3.63, 3.8) is 0 Å². The van der Waals surface area contributed by atoms with Gasteiger partial charge in [0.2, 0.25) is 11.8 Å². The highest BCUT2D eigenvalue weighted by atomic mass is 16.2. The van der Waals surface area contributed by atoms with E-state index in [1.54, 1.807) is 0 Å². The van der Waals surface area contributed by atoms with E-state index in [0.717, 1.165) is 11.6 Å². The van der Waals surface area contributed by atoms with Crippen LogP contribution >= 0.6 is 0 Å². The molecule has 0 aliphatic rings. The molecule has 0 aliphatic carbocycles. The molecule has 0 heterocycles. The summed E-state index contributed by atoms with van der Waals surface area (Å²) in [7, 11) is 0. The van der Waals surface area contributed by atoms with Crippen molar-refractivity contribution < 1.29 is 9.59 Å². The highest BCUT2D eigenvalue weighted by Gasteiger charge is 2.02. The van der Waals surface area contributed by atoms with E-state index < -0.39 is 0 Å². The maximum atomic E-state index is 10.9. The van der Waals surface area contributed by atoms with Gasteiger partial charge < -0.3 is 10.6 Å². The van der Waals surface area contributed by atoms with E-state index in [0.29, 0.717) is 18.7 Å². The lowest BCUT2D eigenvalue weighted by atomic mass is 10.2. The van der Waals surface area contributed by atoms with Gasteiger partial charge in [-0.1, -0.05) is 31.9 Å². The topological polar surface area (TPSA) is 58.2 Å². The molecule has 0 spiro atoms. The van der Waals surface area contributed by atoms with Crippen LogP contribution in [0.4, 0.5) is 0 Å². The Morgan fingerprint density at radius 1 is 1.06 bits per heavy atom. The SMILES string of the molecule is C=CC(=O)NCC(=C)CC(=C)NC(=O)C=C. The third-order valence-corrected chi connectivity index (χ3v) is 1.65. The van der Waals surface area contributed by atoms with Gasteiger partial charge in [-0.2, -0.15) is 0 Å². The molecule has 0 aliphatic heterocycles. The predicted octanol–water partition coefficient (Wildman–Crippen LogP) is 1.05. The molecule has 86 valence electrons. The van der Waals surface area contributed by atoms with Crippen LogP contribution in [-0.2, 0) is 9.59 Å². The van der Waals surface area contributed by atoms with E-state index in [2.05, 4.69) is 36.9 Å². The Hall–Kier alpha value is -2.10. The van der Waals surface area contributed by atoms with Gasteiger partial charge >= 0.3 is 0 Å². The summed E-state index contributed by atoms with van der Waals surface area (Å²) >= 11 is 0. The molecule has 0 saturated heterocycles. The van der Waals surface area contributed by atoms with Crippen molar-refractivity contribution in [3.05, 3.63) is 49.7 Å². The Bertz CT molecular complexity index is 343. The van der Waals surface area contributed by atoms with Crippen molar-refractivity contribution in [2.75, 3.05) is 6.54 Å². The summed E-state index contributed by atoms with van der Waals surface area (Å²) in [6, 6.07) is 0. The minimum absolute atomic E-state index is 0.262. The van der Waals surface area contributed by atoms with Gasteiger partial charge in [0.25, 0.3) is 0 Å². The molecular weight excluding hydrogens is 204 g/mol. The molecule has 16 heavy (non-hydrogen) atoms. The first kappa shape index (κ1) is 13.9. The van der Waals surface area contributed by atoms with Gasteiger partial charge in [0.1, 0.15) is 0 Å². The Balaban J connectivity index is 3.91. The fraction of sp³-hybridized carbons (Fsp3) is 0.167. The van der Waals surface area contributed by atoms with Crippen LogP contribution < -0.4 is 10.6 Å². The molecular formula is C12H16N2O2. The van der Waals surface area contributed by atoms with Crippen molar-refractivity contribution in [2.45, 2.75) is 6.42 Å². The highest BCUT2D eigenvalue weighted by Crippen LogP contribution is 2.03. The van der Waals surface area contributed by atoms with E-state index in [9.17, 15) is 9.59 Å². The molecule has 2 amide bonds. The quantitative estimate of drug-likeness (QED) is 0.497. The molecule has 4 nitrogen and oxygen atoms in total. The van der Waals surface area contributed by atoms with Crippen molar-refractivity contribution >= 4 is 11.8 Å². The molecule has 0 unspecified atom stereocenters. The van der Waals surface area contributed by atoms with E-state index in [-0.39, 0.29) is 11.8 Å². The van der Waals surface area contributed by atoms with Crippen LogP contribution in [0.25, 0.3) is 0 Å². The van der Waals surface area contributed by atoms with Gasteiger partial charge in [-0.15, -0.1) is 0 Å². The monoisotopic (exact) mass is 220 g/mol. The van der Waals surface area contributed by atoms with Crippen LogP contribution in [0.3, 0.4) is 0 Å². The first-order valence-electron chi connectivity index (χ1n) is 4.67. The summed E-state index contributed by atoms with van der Waals surface area (Å²) in [5, 5.41) is 5.09. The molecule has 0 fully saturated rings. The third-order valence-electron chi connectivity index (χ3n) is 1.65. The average molecular weight is 220 g/mol. The standard InChI is InChI=1S/C12H16N2O2/c1-5-11(15)13-8-9(3)7-10(4)14-12(16)6-2/h5-6H,1-4,7-8H2,(H,13,15)(H,14,16). The second-order valence-corrected chi connectivity index (χ2v) is 3.15. The van der Waals surface area contributed by atoms with Crippen LogP contribution in [0.1, 0.15) is 6.42 Å². The van der Waals surface area contributed by atoms with Crippen molar-refractivity contribution in [1.82, 2.24) is 10.6 Å². The Kier molecular flexibility index (Phi) is 6.28. The lowest BCUT2D eigenvalue weighted by molar-refractivity contribution is -0.117. The fourth-order valence-corrected chi connectivity index (χ4v) is 0.918. The van der Waals surface area contributed by atoms with Gasteiger partial charge in [-0.25, -0.2) is 0 Å². The molecule has 0 aromatic carbocycles. The van der Waals surface area contributed by atoms with E-state index in [4.69, 9.17) is 0 Å². The smallest absolute Gasteiger partial charge is 0.247 e. The van der Waals surface area contributed by atoms with E-state index >= 15 is 0 Å². The predicted molar refractivity (Wildman–Crippen MR) is 64.4 cm³/mol. The van der Waals surface area contributed by atoms with Gasteiger partial charge in [0.05, 0.1) is 0 Å². The Labute approximate surface area is 95.4 Å². The number of hydrogen-bond acceptors (Lipinski definition) is 2. The molecule has 0 atom stereocenters. The van der Waals surface area contributed by atoms with Gasteiger partial charge in [-0.05, 0) is 12.2 Å². The highest BCUT2D eigenvalue weighted by molar-refractivity contribution is 5.88. The van der Waals surface area contributed by atoms with Gasteiger partial charge in [-0.3, -0.25) is 9.59 Å². The molecule has 2 N–H and O–H groups in total. The number of amides is 2. The first-order valence-corrected chi connectivity index (χ1v) is 4.67. The second-order valence-electron chi connectivity index (χ2n) is 3.15. The third kappa shape index (κ3) is 6.37. The summed E-state index contributed by atoms with van der Waals surface area (Å²) in [6.07, 6.45) is 2.76. The molecule has 0 saturated carbocycles. The summed E-state index contributed by atoms with van der Waals surface area (Å²) in [5.74, 6) is -0.574. The number of rotatable bonds is 7. The molecule has 0 bridgehead atoms. The largest absolute Gasteiger partial charge is 0.349 e. The lowest BCUT2D eigenvalue weighted by Gasteiger charge is -2.09. The second kappa shape index (κ2) is 7.23. The fourth-order valence-electron chi connectivity index (χ4n) is 0.918. The number of carbonyl (C=O) groups excluding carboxylic acids is 2. The maximum Gasteiger partial charge on any atom is 0.247 e. The van der Waals surface area contributed by atoms with Crippen LogP contribution in [0.2, 0.25) is 0 Å². The molecule has 0 aromatic heterocycles. The molecule has 4 heteroatoms. The average Bonchev–Trinajstić information content (AvgIpc) is 2.25. The maximum absolute atomic E-state index is 10.9. The van der Waals surface area contributed by atoms with Crippen molar-refractivity contribution in [3.8, 4) is 0 Å². The summed E-state index contributed by atoms with van der Waals surface area (Å²) < 4.78 is 0.